The van der Waals surface area contributed by atoms with Crippen LogP contribution in [0.3, 0.4) is 0 Å². The second-order valence-electron chi connectivity index (χ2n) is 6.18. The average molecular weight is 368 g/mol. The number of hydrogen-bond donors (Lipinski definition) is 0. The van der Waals surface area contributed by atoms with Gasteiger partial charge in [-0.2, -0.15) is 0 Å². The molecule has 0 radical (unpaired) electrons. The number of fused-ring (bicyclic) bond motifs is 1. The zero-order valence-electron chi connectivity index (χ0n) is 14.4. The molecule has 0 aromatic heterocycles. The molecular weight excluding hydrogens is 344 g/mol. The molecule has 1 aromatic rings. The van der Waals surface area contributed by atoms with Crippen molar-refractivity contribution in [2.75, 3.05) is 42.9 Å². The number of likely N-dealkylation sites (tertiary alicyclic amines) is 1. The molecule has 2 aliphatic heterocycles. The highest BCUT2D eigenvalue weighted by Gasteiger charge is 2.27. The summed E-state index contributed by atoms with van der Waals surface area (Å²) < 4.78 is 37.3. The number of rotatable bonds is 5. The number of anilines is 1. The van der Waals surface area contributed by atoms with Gasteiger partial charge in [-0.25, -0.2) is 8.42 Å². The summed E-state index contributed by atoms with van der Waals surface area (Å²) in [5.74, 6) is 0.859. The number of piperidine rings is 1. The lowest BCUT2D eigenvalue weighted by molar-refractivity contribution is -0.130. The van der Waals surface area contributed by atoms with Gasteiger partial charge in [0.1, 0.15) is 19.8 Å². The predicted octanol–water partition coefficient (Wildman–Crippen LogP) is 1.63. The highest BCUT2D eigenvalue weighted by atomic mass is 32.2. The van der Waals surface area contributed by atoms with Crippen LogP contribution in [0, 0.1) is 0 Å². The average Bonchev–Trinajstić information content (AvgIpc) is 2.66. The number of carbonyl (C=O) groups excluding carboxylic acids is 1. The molecule has 0 spiro atoms. The Hall–Kier alpha value is -1.96. The van der Waals surface area contributed by atoms with Crippen molar-refractivity contribution < 1.29 is 22.7 Å². The van der Waals surface area contributed by atoms with Crippen LogP contribution in [-0.4, -0.2) is 57.8 Å². The monoisotopic (exact) mass is 368 g/mol. The van der Waals surface area contributed by atoms with E-state index in [0.29, 0.717) is 43.5 Å². The van der Waals surface area contributed by atoms with Crippen LogP contribution in [0.5, 0.6) is 11.5 Å². The summed E-state index contributed by atoms with van der Waals surface area (Å²) in [5, 5.41) is 0. The van der Waals surface area contributed by atoms with Gasteiger partial charge in [0.25, 0.3) is 0 Å². The number of sulfonamides is 1. The Morgan fingerprint density at radius 3 is 2.48 bits per heavy atom. The molecule has 1 fully saturated rings. The first kappa shape index (κ1) is 17.8. The highest BCUT2D eigenvalue weighted by molar-refractivity contribution is 7.92. The fraction of sp³-hybridized carbons (Fsp3) is 0.588. The normalized spacial score (nSPS) is 17.2. The molecule has 0 atom stereocenters. The fourth-order valence-corrected chi connectivity index (χ4v) is 4.11. The maximum absolute atomic E-state index is 12.6. The Balaban J connectivity index is 1.86. The topological polar surface area (TPSA) is 76.2 Å². The van der Waals surface area contributed by atoms with E-state index in [1.54, 1.807) is 30.0 Å². The van der Waals surface area contributed by atoms with Crippen molar-refractivity contribution in [3.63, 3.8) is 0 Å². The minimum Gasteiger partial charge on any atom is -0.486 e. The van der Waals surface area contributed by atoms with E-state index < -0.39 is 10.0 Å². The number of nitrogens with zero attached hydrogens (tertiary/aromatic N) is 2. The van der Waals surface area contributed by atoms with Crippen molar-refractivity contribution >= 4 is 21.6 Å². The Morgan fingerprint density at radius 1 is 1.12 bits per heavy atom. The first-order valence-electron chi connectivity index (χ1n) is 8.69. The van der Waals surface area contributed by atoms with Gasteiger partial charge in [-0.05, 0) is 38.3 Å². The van der Waals surface area contributed by atoms with Crippen LogP contribution in [0.25, 0.3) is 0 Å². The third kappa shape index (κ3) is 4.00. The molecule has 3 rings (SSSR count). The predicted molar refractivity (Wildman–Crippen MR) is 94.7 cm³/mol. The van der Waals surface area contributed by atoms with Gasteiger partial charge in [0, 0.05) is 19.2 Å². The van der Waals surface area contributed by atoms with E-state index in [0.717, 1.165) is 19.3 Å². The lowest BCUT2D eigenvalue weighted by Gasteiger charge is -2.31. The minimum atomic E-state index is -3.58. The van der Waals surface area contributed by atoms with E-state index in [4.69, 9.17) is 9.47 Å². The SMILES string of the molecule is CCS(=O)(=O)N(CC(=O)N1CCCCC1)c1ccc2c(c1)OCCO2. The van der Waals surface area contributed by atoms with Crippen molar-refractivity contribution in [1.29, 1.82) is 0 Å². The standard InChI is InChI=1S/C17H24N2O5S/c1-2-25(21,22)19(13-17(20)18-8-4-3-5-9-18)14-6-7-15-16(12-14)24-11-10-23-15/h6-7,12H,2-5,8-11,13H2,1H3. The molecular formula is C17H24N2O5S. The molecule has 0 saturated carbocycles. The van der Waals surface area contributed by atoms with E-state index in [9.17, 15) is 13.2 Å². The Kier molecular flexibility index (Phi) is 5.36. The molecule has 1 amide bonds. The Labute approximate surface area is 148 Å². The second-order valence-corrected chi connectivity index (χ2v) is 8.36. The number of carbonyl (C=O) groups is 1. The number of ether oxygens (including phenoxy) is 2. The zero-order chi connectivity index (χ0) is 17.9. The summed E-state index contributed by atoms with van der Waals surface area (Å²) in [7, 11) is -3.58. The van der Waals surface area contributed by atoms with Crippen LogP contribution in [0.2, 0.25) is 0 Å². The molecule has 25 heavy (non-hydrogen) atoms. The summed E-state index contributed by atoms with van der Waals surface area (Å²) in [4.78, 5) is 14.3. The molecule has 138 valence electrons. The summed E-state index contributed by atoms with van der Waals surface area (Å²) in [6.07, 6.45) is 3.05. The quantitative estimate of drug-likeness (QED) is 0.789. The van der Waals surface area contributed by atoms with E-state index in [1.807, 2.05) is 0 Å². The maximum atomic E-state index is 12.6. The third-order valence-corrected chi connectivity index (χ3v) is 6.24. The highest BCUT2D eigenvalue weighted by Crippen LogP contribution is 2.34. The number of benzene rings is 1. The van der Waals surface area contributed by atoms with Gasteiger partial charge < -0.3 is 14.4 Å². The van der Waals surface area contributed by atoms with Gasteiger partial charge >= 0.3 is 0 Å². The molecule has 0 unspecified atom stereocenters. The zero-order valence-corrected chi connectivity index (χ0v) is 15.3. The van der Waals surface area contributed by atoms with Gasteiger partial charge in [0.15, 0.2) is 11.5 Å². The van der Waals surface area contributed by atoms with Crippen molar-refractivity contribution in [2.24, 2.45) is 0 Å². The van der Waals surface area contributed by atoms with Crippen molar-refractivity contribution in [1.82, 2.24) is 4.90 Å². The van der Waals surface area contributed by atoms with Gasteiger partial charge in [-0.3, -0.25) is 9.10 Å². The first-order chi connectivity index (χ1) is 12.0. The van der Waals surface area contributed by atoms with Crippen molar-refractivity contribution in [3.8, 4) is 11.5 Å². The molecule has 0 N–H and O–H groups in total. The van der Waals surface area contributed by atoms with Gasteiger partial charge in [0.2, 0.25) is 15.9 Å². The summed E-state index contributed by atoms with van der Waals surface area (Å²) >= 11 is 0. The molecule has 2 heterocycles. The van der Waals surface area contributed by atoms with Gasteiger partial charge in [-0.15, -0.1) is 0 Å². The molecule has 0 aliphatic carbocycles. The molecule has 1 aromatic carbocycles. The molecule has 2 aliphatic rings. The van der Waals surface area contributed by atoms with E-state index in [2.05, 4.69) is 0 Å². The second kappa shape index (κ2) is 7.51. The van der Waals surface area contributed by atoms with Gasteiger partial charge in [-0.1, -0.05) is 0 Å². The summed E-state index contributed by atoms with van der Waals surface area (Å²) in [5.41, 5.74) is 0.427. The Morgan fingerprint density at radius 2 is 1.80 bits per heavy atom. The Bertz CT molecular complexity index is 729. The van der Waals surface area contributed by atoms with E-state index in [1.165, 1.54) is 4.31 Å². The van der Waals surface area contributed by atoms with Crippen LogP contribution < -0.4 is 13.8 Å². The molecule has 8 heteroatoms. The first-order valence-corrected chi connectivity index (χ1v) is 10.3. The van der Waals surface area contributed by atoms with Crippen LogP contribution in [0.15, 0.2) is 18.2 Å². The van der Waals surface area contributed by atoms with Crippen molar-refractivity contribution in [3.05, 3.63) is 18.2 Å². The van der Waals surface area contributed by atoms with Gasteiger partial charge in [0.05, 0.1) is 11.4 Å². The fourth-order valence-electron chi connectivity index (χ4n) is 3.06. The maximum Gasteiger partial charge on any atom is 0.243 e. The lowest BCUT2D eigenvalue weighted by atomic mass is 10.1. The minimum absolute atomic E-state index is 0.0747. The lowest BCUT2D eigenvalue weighted by Crippen LogP contribution is -2.45. The molecule has 7 nitrogen and oxygen atoms in total. The summed E-state index contributed by atoms with van der Waals surface area (Å²) in [6.45, 7) is 3.67. The van der Waals surface area contributed by atoms with Crippen LogP contribution in [0.4, 0.5) is 5.69 Å². The molecule has 1 saturated heterocycles. The van der Waals surface area contributed by atoms with E-state index in [-0.39, 0.29) is 18.2 Å². The smallest absolute Gasteiger partial charge is 0.243 e. The van der Waals surface area contributed by atoms with Crippen molar-refractivity contribution in [2.45, 2.75) is 26.2 Å². The van der Waals surface area contributed by atoms with Crippen LogP contribution in [-0.2, 0) is 14.8 Å². The molecule has 0 bridgehead atoms. The van der Waals surface area contributed by atoms with Crippen LogP contribution in [0.1, 0.15) is 26.2 Å². The largest absolute Gasteiger partial charge is 0.486 e. The van der Waals surface area contributed by atoms with E-state index >= 15 is 0 Å². The van der Waals surface area contributed by atoms with Crippen LogP contribution >= 0.6 is 0 Å². The number of hydrogen-bond acceptors (Lipinski definition) is 5. The third-order valence-electron chi connectivity index (χ3n) is 4.50. The number of amides is 1. The summed E-state index contributed by atoms with van der Waals surface area (Å²) in [6, 6.07) is 4.97.